The molecule has 0 atom stereocenters. The van der Waals surface area contributed by atoms with Crippen molar-refractivity contribution in [3.8, 4) is 0 Å². The van der Waals surface area contributed by atoms with Crippen LogP contribution in [0.25, 0.3) is 0 Å². The van der Waals surface area contributed by atoms with E-state index in [0.29, 0.717) is 14.9 Å². The van der Waals surface area contributed by atoms with E-state index < -0.39 is 5.05 Å². The number of benzene rings is 1. The van der Waals surface area contributed by atoms with Crippen LogP contribution in [0.3, 0.4) is 0 Å². The molecule has 7 heteroatoms. The summed E-state index contributed by atoms with van der Waals surface area (Å²) < 4.78 is 11.2. The molecule has 78 valence electrons. The largest absolute Gasteiger partial charge is 0.311 e. The second-order valence-corrected chi connectivity index (χ2v) is 11.5. The lowest BCUT2D eigenvalue weighted by Crippen LogP contribution is -1.80. The van der Waals surface area contributed by atoms with Gasteiger partial charge in [0, 0.05) is 9.92 Å². The Hall–Kier alpha value is 0.960. The SMILES string of the molecule is Cc1cc(Cl)cc(Cl)c1SP(=O)(Cl)Cl. The topological polar surface area (TPSA) is 17.1 Å². The predicted octanol–water partition coefficient (Wildman–Crippen LogP) is 5.98. The minimum atomic E-state index is -3.22. The van der Waals surface area contributed by atoms with Crippen LogP contribution in [0.1, 0.15) is 5.56 Å². The maximum Gasteiger partial charge on any atom is 0.311 e. The molecule has 0 aliphatic carbocycles. The van der Waals surface area contributed by atoms with E-state index in [0.717, 1.165) is 16.9 Å². The standard InChI is InChI=1S/C7H5Cl4OPS/c1-4-2-5(8)3-6(9)7(4)14-13(10,11)12/h2-3H,1H3. The zero-order valence-corrected chi connectivity index (χ0v) is 11.7. The lowest BCUT2D eigenvalue weighted by Gasteiger charge is -2.08. The highest BCUT2D eigenvalue weighted by atomic mass is 35.9. The fraction of sp³-hybridized carbons (Fsp3) is 0.143. The first-order chi connectivity index (χ1) is 6.29. The van der Waals surface area contributed by atoms with Gasteiger partial charge in [0.15, 0.2) is 0 Å². The number of aryl methyl sites for hydroxylation is 1. The maximum absolute atomic E-state index is 11.2. The van der Waals surface area contributed by atoms with E-state index in [4.69, 9.17) is 45.7 Å². The Morgan fingerprint density at radius 1 is 1.29 bits per heavy atom. The summed E-state index contributed by atoms with van der Waals surface area (Å²) in [5.41, 5.74) is 0.800. The van der Waals surface area contributed by atoms with Gasteiger partial charge in [-0.3, -0.25) is 4.57 Å². The highest BCUT2D eigenvalue weighted by Gasteiger charge is 2.19. The number of hydrogen-bond acceptors (Lipinski definition) is 2. The van der Waals surface area contributed by atoms with Crippen molar-refractivity contribution in [1.82, 2.24) is 0 Å². The molecule has 0 aliphatic heterocycles. The highest BCUT2D eigenvalue weighted by Crippen LogP contribution is 2.71. The number of rotatable bonds is 2. The van der Waals surface area contributed by atoms with Crippen LogP contribution in [0.4, 0.5) is 0 Å². The van der Waals surface area contributed by atoms with Crippen LogP contribution in [0.5, 0.6) is 0 Å². The van der Waals surface area contributed by atoms with Gasteiger partial charge in [-0.15, -0.1) is 0 Å². The molecule has 0 bridgehead atoms. The minimum Gasteiger partial charge on any atom is -0.277 e. The fourth-order valence-electron chi connectivity index (χ4n) is 0.911. The van der Waals surface area contributed by atoms with Crippen LogP contribution in [0.2, 0.25) is 10.0 Å². The monoisotopic (exact) mass is 308 g/mol. The summed E-state index contributed by atoms with van der Waals surface area (Å²) >= 11 is 23.4. The smallest absolute Gasteiger partial charge is 0.277 e. The first-order valence-electron chi connectivity index (χ1n) is 3.44. The van der Waals surface area contributed by atoms with Gasteiger partial charge < -0.3 is 0 Å². The molecule has 0 heterocycles. The molecule has 1 rings (SSSR count). The molecule has 0 unspecified atom stereocenters. The van der Waals surface area contributed by atoms with Crippen LogP contribution in [-0.2, 0) is 4.57 Å². The third-order valence-corrected chi connectivity index (χ3v) is 5.38. The summed E-state index contributed by atoms with van der Waals surface area (Å²) in [5.74, 6) is 0. The molecule has 1 aromatic carbocycles. The molecule has 0 saturated carbocycles. The van der Waals surface area contributed by atoms with Crippen molar-refractivity contribution in [1.29, 1.82) is 0 Å². The summed E-state index contributed by atoms with van der Waals surface area (Å²) in [4.78, 5) is 0.601. The lowest BCUT2D eigenvalue weighted by atomic mass is 10.2. The normalized spacial score (nSPS) is 11.8. The van der Waals surface area contributed by atoms with E-state index in [2.05, 4.69) is 0 Å². The first-order valence-corrected chi connectivity index (χ1v) is 9.13. The molecule has 1 nitrogen and oxygen atoms in total. The molecule has 0 spiro atoms. The second kappa shape index (κ2) is 4.86. The third kappa shape index (κ3) is 3.84. The summed E-state index contributed by atoms with van der Waals surface area (Å²) in [5, 5.41) is -2.29. The van der Waals surface area contributed by atoms with Crippen molar-refractivity contribution in [2.24, 2.45) is 0 Å². The molecule has 0 N–H and O–H groups in total. The summed E-state index contributed by atoms with van der Waals surface area (Å²) in [7, 11) is 0. The van der Waals surface area contributed by atoms with Gasteiger partial charge >= 0.3 is 5.05 Å². The Kier molecular flexibility index (Phi) is 4.52. The molecule has 0 aliphatic rings. The van der Waals surface area contributed by atoms with Gasteiger partial charge in [-0.1, -0.05) is 23.2 Å². The van der Waals surface area contributed by atoms with E-state index >= 15 is 0 Å². The zero-order valence-electron chi connectivity index (χ0n) is 6.93. The van der Waals surface area contributed by atoms with E-state index in [-0.39, 0.29) is 0 Å². The van der Waals surface area contributed by atoms with Crippen LogP contribution < -0.4 is 0 Å². The van der Waals surface area contributed by atoms with Gasteiger partial charge in [-0.2, -0.15) is 0 Å². The number of halogens is 4. The molecule has 14 heavy (non-hydrogen) atoms. The van der Waals surface area contributed by atoms with E-state index in [9.17, 15) is 4.57 Å². The van der Waals surface area contributed by atoms with Crippen molar-refractivity contribution in [3.63, 3.8) is 0 Å². The molecule has 0 saturated heterocycles. The average Bonchev–Trinajstić information content (AvgIpc) is 1.95. The Morgan fingerprint density at radius 2 is 1.86 bits per heavy atom. The van der Waals surface area contributed by atoms with Crippen molar-refractivity contribution >= 4 is 62.1 Å². The number of hydrogen-bond donors (Lipinski definition) is 0. The molecule has 0 amide bonds. The van der Waals surface area contributed by atoms with Gasteiger partial charge in [-0.25, -0.2) is 0 Å². The summed E-state index contributed by atoms with van der Waals surface area (Å²) in [6.45, 7) is 1.80. The molecular formula is C7H5Cl4OPS. The van der Waals surface area contributed by atoms with Crippen LogP contribution >= 0.6 is 62.1 Å². The quantitative estimate of drug-likeness (QED) is 0.625. The predicted molar refractivity (Wildman–Crippen MR) is 66.4 cm³/mol. The molecule has 1 aromatic rings. The Bertz CT molecular complexity index is 380. The Balaban J connectivity index is 3.15. The third-order valence-electron chi connectivity index (χ3n) is 1.39. The maximum atomic E-state index is 11.2. The van der Waals surface area contributed by atoms with Gasteiger partial charge in [0.2, 0.25) is 0 Å². The van der Waals surface area contributed by atoms with E-state index in [1.165, 1.54) is 0 Å². The van der Waals surface area contributed by atoms with E-state index in [1.54, 1.807) is 19.1 Å². The first kappa shape index (κ1) is 13.0. The molecule has 0 aromatic heterocycles. The van der Waals surface area contributed by atoms with Crippen LogP contribution in [0.15, 0.2) is 17.0 Å². The molecule has 0 radical (unpaired) electrons. The summed E-state index contributed by atoms with van der Waals surface area (Å²) in [6, 6.07) is 3.26. The van der Waals surface area contributed by atoms with Crippen molar-refractivity contribution in [2.75, 3.05) is 0 Å². The summed E-state index contributed by atoms with van der Waals surface area (Å²) in [6.07, 6.45) is 0. The second-order valence-electron chi connectivity index (χ2n) is 2.54. The highest BCUT2D eigenvalue weighted by molar-refractivity contribution is 8.72. The van der Waals surface area contributed by atoms with Crippen LogP contribution in [0, 0.1) is 6.92 Å². The van der Waals surface area contributed by atoms with Crippen molar-refractivity contribution in [3.05, 3.63) is 27.7 Å². The van der Waals surface area contributed by atoms with Gasteiger partial charge in [-0.05, 0) is 58.5 Å². The Labute approximate surface area is 106 Å². The molecule has 0 fully saturated rings. The minimum absolute atomic E-state index is 0.404. The van der Waals surface area contributed by atoms with Crippen molar-refractivity contribution < 1.29 is 4.57 Å². The van der Waals surface area contributed by atoms with Crippen molar-refractivity contribution in [2.45, 2.75) is 11.8 Å². The fourth-order valence-corrected chi connectivity index (χ4v) is 4.95. The average molecular weight is 310 g/mol. The zero-order chi connectivity index (χ0) is 10.9. The van der Waals surface area contributed by atoms with Gasteiger partial charge in [0.25, 0.3) is 0 Å². The lowest BCUT2D eigenvalue weighted by molar-refractivity contribution is 0.600. The van der Waals surface area contributed by atoms with Crippen LogP contribution in [-0.4, -0.2) is 0 Å². The Morgan fingerprint density at radius 3 is 2.29 bits per heavy atom. The van der Waals surface area contributed by atoms with E-state index in [1.807, 2.05) is 0 Å². The molecular weight excluding hydrogens is 305 g/mol. The van der Waals surface area contributed by atoms with Gasteiger partial charge in [0.1, 0.15) is 0 Å². The van der Waals surface area contributed by atoms with Gasteiger partial charge in [0.05, 0.1) is 5.02 Å².